The van der Waals surface area contributed by atoms with Crippen LogP contribution < -0.4 is 10.6 Å². The summed E-state index contributed by atoms with van der Waals surface area (Å²) < 4.78 is 0. The fourth-order valence-electron chi connectivity index (χ4n) is 2.31. The van der Waals surface area contributed by atoms with E-state index < -0.39 is 6.04 Å². The largest absolute Gasteiger partial charge is 0.338 e. The number of urea groups is 1. The normalized spacial score (nSPS) is 18.2. The van der Waals surface area contributed by atoms with Gasteiger partial charge in [-0.05, 0) is 25.8 Å². The van der Waals surface area contributed by atoms with E-state index in [1.807, 2.05) is 38.1 Å². The van der Waals surface area contributed by atoms with E-state index in [4.69, 9.17) is 0 Å². The Hall–Kier alpha value is -2.04. The smallest absolute Gasteiger partial charge is 0.315 e. The molecule has 1 heterocycles. The minimum atomic E-state index is -0.396. The predicted octanol–water partition coefficient (Wildman–Crippen LogP) is 1.42. The first kappa shape index (κ1) is 14.4. The lowest BCUT2D eigenvalue weighted by Gasteiger charge is -2.17. The van der Waals surface area contributed by atoms with Crippen molar-refractivity contribution in [2.45, 2.75) is 32.9 Å². The number of rotatable bonds is 4. The Bertz CT molecular complexity index is 484. The van der Waals surface area contributed by atoms with Crippen LogP contribution in [0.15, 0.2) is 24.3 Å². The molecule has 0 bridgehead atoms. The van der Waals surface area contributed by atoms with Crippen molar-refractivity contribution in [3.8, 4) is 0 Å². The number of carbonyl (C=O) groups excluding carboxylic acids is 2. The van der Waals surface area contributed by atoms with Gasteiger partial charge in [-0.1, -0.05) is 29.8 Å². The van der Waals surface area contributed by atoms with Crippen molar-refractivity contribution in [2.24, 2.45) is 0 Å². The quantitative estimate of drug-likeness (QED) is 0.873. The lowest BCUT2D eigenvalue weighted by atomic mass is 10.1. The summed E-state index contributed by atoms with van der Waals surface area (Å²) in [7, 11) is 0. The van der Waals surface area contributed by atoms with Crippen LogP contribution in [0.1, 0.15) is 24.5 Å². The van der Waals surface area contributed by atoms with Crippen LogP contribution in [-0.4, -0.2) is 36.0 Å². The average molecular weight is 275 g/mol. The van der Waals surface area contributed by atoms with Gasteiger partial charge in [0.2, 0.25) is 5.91 Å². The highest BCUT2D eigenvalue weighted by Gasteiger charge is 2.32. The molecule has 3 amide bonds. The summed E-state index contributed by atoms with van der Waals surface area (Å²) in [5, 5.41) is 5.36. The summed E-state index contributed by atoms with van der Waals surface area (Å²) in [4.78, 5) is 25.4. The first-order chi connectivity index (χ1) is 9.60. The Balaban J connectivity index is 1.90. The van der Waals surface area contributed by atoms with E-state index in [1.54, 1.807) is 4.90 Å². The molecule has 1 aliphatic rings. The second-order valence-corrected chi connectivity index (χ2v) is 5.09. The van der Waals surface area contributed by atoms with E-state index in [0.717, 1.165) is 5.56 Å². The van der Waals surface area contributed by atoms with Gasteiger partial charge in [0.25, 0.3) is 0 Å². The highest BCUT2D eigenvalue weighted by molar-refractivity contribution is 5.88. The SMILES string of the molecule is CCNC(=O)NC1CCN(Cc2ccc(C)cc2)C1=O. The summed E-state index contributed by atoms with van der Waals surface area (Å²) in [6.07, 6.45) is 0.668. The molecule has 2 rings (SSSR count). The Morgan fingerprint density at radius 1 is 1.35 bits per heavy atom. The molecule has 0 aliphatic carbocycles. The predicted molar refractivity (Wildman–Crippen MR) is 77.2 cm³/mol. The number of carbonyl (C=O) groups is 2. The molecule has 1 unspecified atom stereocenters. The third kappa shape index (κ3) is 3.50. The zero-order valence-corrected chi connectivity index (χ0v) is 12.0. The van der Waals surface area contributed by atoms with E-state index in [1.165, 1.54) is 5.56 Å². The van der Waals surface area contributed by atoms with E-state index in [2.05, 4.69) is 10.6 Å². The molecule has 0 radical (unpaired) electrons. The monoisotopic (exact) mass is 275 g/mol. The number of nitrogens with one attached hydrogen (secondary N) is 2. The molecule has 0 aromatic heterocycles. The number of amides is 3. The van der Waals surface area contributed by atoms with Crippen LogP contribution >= 0.6 is 0 Å². The molecule has 5 heteroatoms. The van der Waals surface area contributed by atoms with Crippen molar-refractivity contribution in [3.05, 3.63) is 35.4 Å². The molecule has 1 aromatic carbocycles. The zero-order chi connectivity index (χ0) is 14.5. The fourth-order valence-corrected chi connectivity index (χ4v) is 2.31. The first-order valence-electron chi connectivity index (χ1n) is 6.99. The number of likely N-dealkylation sites (tertiary alicyclic amines) is 1. The van der Waals surface area contributed by atoms with Crippen molar-refractivity contribution in [2.75, 3.05) is 13.1 Å². The molecule has 0 spiro atoms. The average Bonchev–Trinajstić information content (AvgIpc) is 2.74. The Morgan fingerprint density at radius 3 is 2.70 bits per heavy atom. The summed E-state index contributed by atoms with van der Waals surface area (Å²) in [6, 6.07) is 7.48. The van der Waals surface area contributed by atoms with Crippen LogP contribution in [0.4, 0.5) is 4.79 Å². The first-order valence-corrected chi connectivity index (χ1v) is 6.99. The van der Waals surface area contributed by atoms with Gasteiger partial charge in [-0.2, -0.15) is 0 Å². The number of aryl methyl sites for hydroxylation is 1. The molecule has 1 saturated heterocycles. The van der Waals surface area contributed by atoms with Gasteiger partial charge in [0.15, 0.2) is 0 Å². The van der Waals surface area contributed by atoms with Crippen LogP contribution in [0, 0.1) is 6.92 Å². The summed E-state index contributed by atoms with van der Waals surface area (Å²) in [6.45, 7) is 5.73. The molecule has 20 heavy (non-hydrogen) atoms. The second kappa shape index (κ2) is 6.41. The van der Waals surface area contributed by atoms with E-state index >= 15 is 0 Å². The van der Waals surface area contributed by atoms with E-state index in [0.29, 0.717) is 26.1 Å². The van der Waals surface area contributed by atoms with Crippen molar-refractivity contribution in [1.29, 1.82) is 0 Å². The number of hydrogen-bond donors (Lipinski definition) is 2. The van der Waals surface area contributed by atoms with Gasteiger partial charge in [-0.25, -0.2) is 4.79 Å². The maximum atomic E-state index is 12.2. The van der Waals surface area contributed by atoms with Crippen molar-refractivity contribution >= 4 is 11.9 Å². The highest BCUT2D eigenvalue weighted by atomic mass is 16.2. The molecular formula is C15H21N3O2. The number of nitrogens with zero attached hydrogens (tertiary/aromatic N) is 1. The zero-order valence-electron chi connectivity index (χ0n) is 12.0. The van der Waals surface area contributed by atoms with Crippen molar-refractivity contribution in [1.82, 2.24) is 15.5 Å². The Kier molecular flexibility index (Phi) is 4.61. The summed E-state index contributed by atoms with van der Waals surface area (Å²) >= 11 is 0. The number of hydrogen-bond acceptors (Lipinski definition) is 2. The molecule has 5 nitrogen and oxygen atoms in total. The van der Waals surface area contributed by atoms with Crippen LogP contribution in [0.3, 0.4) is 0 Å². The highest BCUT2D eigenvalue weighted by Crippen LogP contribution is 2.15. The van der Waals surface area contributed by atoms with Crippen LogP contribution in [0.25, 0.3) is 0 Å². The maximum absolute atomic E-state index is 12.2. The molecule has 0 saturated carbocycles. The third-order valence-corrected chi connectivity index (χ3v) is 3.43. The van der Waals surface area contributed by atoms with Gasteiger partial charge < -0.3 is 15.5 Å². The molecule has 2 N–H and O–H groups in total. The molecular weight excluding hydrogens is 254 g/mol. The lowest BCUT2D eigenvalue weighted by molar-refractivity contribution is -0.129. The third-order valence-electron chi connectivity index (χ3n) is 3.43. The van der Waals surface area contributed by atoms with Gasteiger partial charge in [0, 0.05) is 19.6 Å². The molecule has 1 atom stereocenters. The standard InChI is InChI=1S/C15H21N3O2/c1-3-16-15(20)17-13-8-9-18(14(13)19)10-12-6-4-11(2)5-7-12/h4-7,13H,3,8-10H2,1-2H3,(H2,16,17,20). The number of benzene rings is 1. The minimum absolute atomic E-state index is 0.00294. The van der Waals surface area contributed by atoms with Crippen molar-refractivity contribution in [3.63, 3.8) is 0 Å². The van der Waals surface area contributed by atoms with Gasteiger partial charge in [-0.3, -0.25) is 4.79 Å². The second-order valence-electron chi connectivity index (χ2n) is 5.09. The molecule has 1 aliphatic heterocycles. The minimum Gasteiger partial charge on any atom is -0.338 e. The Morgan fingerprint density at radius 2 is 2.05 bits per heavy atom. The fraction of sp³-hybridized carbons (Fsp3) is 0.467. The Labute approximate surface area is 119 Å². The summed E-state index contributed by atoms with van der Waals surface area (Å²) in [5.41, 5.74) is 2.32. The molecule has 108 valence electrons. The van der Waals surface area contributed by atoms with Gasteiger partial charge in [-0.15, -0.1) is 0 Å². The van der Waals surface area contributed by atoms with Gasteiger partial charge in [0.1, 0.15) is 6.04 Å². The van der Waals surface area contributed by atoms with E-state index in [9.17, 15) is 9.59 Å². The maximum Gasteiger partial charge on any atom is 0.315 e. The van der Waals surface area contributed by atoms with Gasteiger partial charge in [0.05, 0.1) is 0 Å². The van der Waals surface area contributed by atoms with Crippen LogP contribution in [0.2, 0.25) is 0 Å². The molecule has 1 aromatic rings. The van der Waals surface area contributed by atoms with E-state index in [-0.39, 0.29) is 11.9 Å². The molecule has 1 fully saturated rings. The lowest BCUT2D eigenvalue weighted by Crippen LogP contribution is -2.45. The van der Waals surface area contributed by atoms with Crippen LogP contribution in [-0.2, 0) is 11.3 Å². The summed E-state index contributed by atoms with van der Waals surface area (Å²) in [5.74, 6) is -0.00294. The topological polar surface area (TPSA) is 61.4 Å². The van der Waals surface area contributed by atoms with Crippen molar-refractivity contribution < 1.29 is 9.59 Å². The van der Waals surface area contributed by atoms with Gasteiger partial charge >= 0.3 is 6.03 Å². The van der Waals surface area contributed by atoms with Crippen LogP contribution in [0.5, 0.6) is 0 Å².